The minimum Gasteiger partial charge on any atom is -0.392 e. The molecule has 0 radical (unpaired) electrons. The summed E-state index contributed by atoms with van der Waals surface area (Å²) in [5.74, 6) is 0.718. The summed E-state index contributed by atoms with van der Waals surface area (Å²) in [7, 11) is 0. The molecule has 1 nitrogen and oxygen atoms in total. The minimum absolute atomic E-state index is 0.166. The largest absolute Gasteiger partial charge is 0.392 e. The summed E-state index contributed by atoms with van der Waals surface area (Å²) in [6.07, 6.45) is 8.55. The zero-order chi connectivity index (χ0) is 9.90. The van der Waals surface area contributed by atoms with Gasteiger partial charge in [0.05, 0.1) is 6.61 Å². The molecular formula is C12H20O. The van der Waals surface area contributed by atoms with Crippen LogP contribution < -0.4 is 0 Å². The van der Waals surface area contributed by atoms with Crippen LogP contribution in [0.1, 0.15) is 33.6 Å². The molecule has 1 aliphatic carbocycles. The van der Waals surface area contributed by atoms with E-state index >= 15 is 0 Å². The van der Waals surface area contributed by atoms with Crippen molar-refractivity contribution in [2.24, 2.45) is 11.3 Å². The second kappa shape index (κ2) is 4.10. The summed E-state index contributed by atoms with van der Waals surface area (Å²) in [5.41, 5.74) is 1.86. The molecule has 1 unspecified atom stereocenters. The highest BCUT2D eigenvalue weighted by atomic mass is 16.2. The van der Waals surface area contributed by atoms with Crippen LogP contribution in [0.5, 0.6) is 0 Å². The molecule has 0 saturated heterocycles. The van der Waals surface area contributed by atoms with E-state index in [0.29, 0.717) is 5.41 Å². The number of aliphatic hydroxyl groups excluding tert-OH is 1. The van der Waals surface area contributed by atoms with Gasteiger partial charge in [0.1, 0.15) is 0 Å². The highest BCUT2D eigenvalue weighted by Crippen LogP contribution is 2.44. The van der Waals surface area contributed by atoms with Gasteiger partial charge in [0, 0.05) is 0 Å². The number of hydrogen-bond acceptors (Lipinski definition) is 1. The first-order valence-electron chi connectivity index (χ1n) is 5.02. The summed E-state index contributed by atoms with van der Waals surface area (Å²) >= 11 is 0. The first kappa shape index (κ1) is 10.5. The van der Waals surface area contributed by atoms with E-state index in [0.717, 1.165) is 12.3 Å². The first-order valence-corrected chi connectivity index (χ1v) is 5.02. The summed E-state index contributed by atoms with van der Waals surface area (Å²) in [4.78, 5) is 0. The second-order valence-electron chi connectivity index (χ2n) is 4.43. The average Bonchev–Trinajstić information content (AvgIpc) is 2.32. The van der Waals surface area contributed by atoms with Gasteiger partial charge in [0.15, 0.2) is 0 Å². The molecule has 13 heavy (non-hydrogen) atoms. The van der Waals surface area contributed by atoms with Crippen LogP contribution in [0.3, 0.4) is 0 Å². The van der Waals surface area contributed by atoms with Crippen molar-refractivity contribution in [3.05, 3.63) is 23.8 Å². The zero-order valence-corrected chi connectivity index (χ0v) is 8.88. The maximum atomic E-state index is 8.62. The Balaban J connectivity index is 2.51. The Bertz CT molecular complexity index is 223. The lowest BCUT2D eigenvalue weighted by Crippen LogP contribution is -2.19. The van der Waals surface area contributed by atoms with E-state index in [1.807, 2.05) is 6.08 Å². The fourth-order valence-corrected chi connectivity index (χ4v) is 1.92. The molecule has 1 N–H and O–H groups in total. The van der Waals surface area contributed by atoms with Gasteiger partial charge >= 0.3 is 0 Å². The molecule has 0 heterocycles. The lowest BCUT2D eigenvalue weighted by Gasteiger charge is -2.28. The maximum Gasteiger partial charge on any atom is 0.0612 e. The number of rotatable bonds is 3. The molecule has 1 aliphatic rings. The Hall–Kier alpha value is -0.560. The number of aliphatic hydroxyl groups is 1. The van der Waals surface area contributed by atoms with Crippen molar-refractivity contribution >= 4 is 0 Å². The van der Waals surface area contributed by atoms with Gasteiger partial charge in [-0.3, -0.25) is 0 Å². The van der Waals surface area contributed by atoms with E-state index in [2.05, 4.69) is 32.9 Å². The monoisotopic (exact) mass is 180 g/mol. The highest BCUT2D eigenvalue weighted by Gasteiger charge is 2.33. The molecule has 0 amide bonds. The van der Waals surface area contributed by atoms with Crippen LogP contribution in [0, 0.1) is 11.3 Å². The Morgan fingerprint density at radius 3 is 2.69 bits per heavy atom. The van der Waals surface area contributed by atoms with Crippen LogP contribution in [0.25, 0.3) is 0 Å². The Kier molecular flexibility index (Phi) is 3.32. The van der Waals surface area contributed by atoms with Crippen molar-refractivity contribution in [3.8, 4) is 0 Å². The van der Waals surface area contributed by atoms with E-state index in [1.54, 1.807) is 0 Å². The first-order chi connectivity index (χ1) is 6.09. The average molecular weight is 180 g/mol. The third-order valence-corrected chi connectivity index (χ3v) is 3.44. The molecule has 0 spiro atoms. The second-order valence-corrected chi connectivity index (χ2v) is 4.43. The molecule has 1 atom stereocenters. The Morgan fingerprint density at radius 1 is 1.54 bits per heavy atom. The van der Waals surface area contributed by atoms with E-state index in [4.69, 9.17) is 5.11 Å². The topological polar surface area (TPSA) is 20.2 Å². The third kappa shape index (κ3) is 2.22. The van der Waals surface area contributed by atoms with Crippen molar-refractivity contribution in [2.75, 3.05) is 6.61 Å². The minimum atomic E-state index is 0.166. The molecule has 0 aromatic heterocycles. The van der Waals surface area contributed by atoms with E-state index in [-0.39, 0.29) is 6.61 Å². The van der Waals surface area contributed by atoms with Crippen LogP contribution in [-0.4, -0.2) is 11.7 Å². The lowest BCUT2D eigenvalue weighted by molar-refractivity contribution is 0.293. The van der Waals surface area contributed by atoms with Crippen LogP contribution in [0.4, 0.5) is 0 Å². The summed E-state index contributed by atoms with van der Waals surface area (Å²) in [6.45, 7) is 7.00. The highest BCUT2D eigenvalue weighted by molar-refractivity contribution is 5.18. The predicted molar refractivity (Wildman–Crippen MR) is 56.5 cm³/mol. The fraction of sp³-hybridized carbons (Fsp3) is 0.667. The lowest BCUT2D eigenvalue weighted by atomic mass is 9.76. The summed E-state index contributed by atoms with van der Waals surface area (Å²) < 4.78 is 0. The fourth-order valence-electron chi connectivity index (χ4n) is 1.92. The molecule has 0 saturated carbocycles. The normalized spacial score (nSPS) is 26.8. The van der Waals surface area contributed by atoms with E-state index in [1.165, 1.54) is 12.0 Å². The summed E-state index contributed by atoms with van der Waals surface area (Å²) in [6, 6.07) is 0. The Morgan fingerprint density at radius 2 is 2.23 bits per heavy atom. The molecule has 0 fully saturated rings. The van der Waals surface area contributed by atoms with Crippen molar-refractivity contribution < 1.29 is 5.11 Å². The van der Waals surface area contributed by atoms with Crippen molar-refractivity contribution in [3.63, 3.8) is 0 Å². The maximum absolute atomic E-state index is 8.62. The van der Waals surface area contributed by atoms with Gasteiger partial charge < -0.3 is 5.11 Å². The quantitative estimate of drug-likeness (QED) is 0.662. The third-order valence-electron chi connectivity index (χ3n) is 3.44. The predicted octanol–water partition coefficient (Wildman–Crippen LogP) is 2.92. The summed E-state index contributed by atoms with van der Waals surface area (Å²) in [5, 5.41) is 8.62. The molecule has 1 heteroatoms. The van der Waals surface area contributed by atoms with Crippen LogP contribution in [-0.2, 0) is 0 Å². The zero-order valence-electron chi connectivity index (χ0n) is 8.88. The van der Waals surface area contributed by atoms with Gasteiger partial charge in [-0.05, 0) is 31.1 Å². The van der Waals surface area contributed by atoms with Gasteiger partial charge in [-0.15, -0.1) is 0 Å². The van der Waals surface area contributed by atoms with Gasteiger partial charge in [0.25, 0.3) is 0 Å². The van der Waals surface area contributed by atoms with Crippen molar-refractivity contribution in [2.45, 2.75) is 33.6 Å². The molecular weight excluding hydrogens is 160 g/mol. The van der Waals surface area contributed by atoms with Crippen LogP contribution >= 0.6 is 0 Å². The van der Waals surface area contributed by atoms with Gasteiger partial charge in [-0.25, -0.2) is 0 Å². The molecule has 0 aliphatic heterocycles. The molecule has 0 bridgehead atoms. The standard InChI is InChI=1S/C12H20O/c1-10-7-8-11(12(10,2)3)6-4-5-9-13/h4-5,7,11,13H,6,8-9H2,1-3H3/b5-4+. The van der Waals surface area contributed by atoms with E-state index in [9.17, 15) is 0 Å². The molecule has 74 valence electrons. The van der Waals surface area contributed by atoms with Gasteiger partial charge in [-0.1, -0.05) is 37.6 Å². The smallest absolute Gasteiger partial charge is 0.0612 e. The number of allylic oxidation sites excluding steroid dienone is 3. The van der Waals surface area contributed by atoms with Crippen molar-refractivity contribution in [1.29, 1.82) is 0 Å². The van der Waals surface area contributed by atoms with Crippen LogP contribution in [0.15, 0.2) is 23.8 Å². The number of hydrogen-bond donors (Lipinski definition) is 1. The molecule has 0 aromatic carbocycles. The SMILES string of the molecule is CC1=CCC(C/C=C/CO)C1(C)C. The van der Waals surface area contributed by atoms with Crippen LogP contribution in [0.2, 0.25) is 0 Å². The van der Waals surface area contributed by atoms with E-state index < -0.39 is 0 Å². The van der Waals surface area contributed by atoms with Gasteiger partial charge in [0.2, 0.25) is 0 Å². The van der Waals surface area contributed by atoms with Crippen molar-refractivity contribution in [1.82, 2.24) is 0 Å². The van der Waals surface area contributed by atoms with Gasteiger partial charge in [-0.2, -0.15) is 0 Å². The Labute approximate surface area is 81.2 Å². The molecule has 1 rings (SSSR count). The molecule has 0 aromatic rings.